The van der Waals surface area contributed by atoms with Crippen LogP contribution in [0.1, 0.15) is 37.4 Å². The number of anilines is 1. The molecule has 1 N–H and O–H groups in total. The van der Waals surface area contributed by atoms with Crippen molar-refractivity contribution in [2.45, 2.75) is 37.9 Å². The van der Waals surface area contributed by atoms with Crippen LogP contribution in [0.5, 0.6) is 0 Å². The lowest BCUT2D eigenvalue weighted by Crippen LogP contribution is -2.56. The molecule has 130 valence electrons. The lowest BCUT2D eigenvalue weighted by atomic mass is 9.81. The predicted molar refractivity (Wildman–Crippen MR) is 98.5 cm³/mol. The van der Waals surface area contributed by atoms with E-state index in [9.17, 15) is 10.1 Å². The van der Waals surface area contributed by atoms with Gasteiger partial charge in [-0.2, -0.15) is 0 Å². The highest BCUT2D eigenvalue weighted by atomic mass is 16.6. The van der Waals surface area contributed by atoms with Crippen molar-refractivity contribution in [3.05, 3.63) is 70.3 Å². The molecule has 25 heavy (non-hydrogen) atoms. The van der Waals surface area contributed by atoms with E-state index in [0.717, 1.165) is 12.1 Å². The minimum Gasteiger partial charge on any atom is -0.352 e. The minimum absolute atomic E-state index is 0.0579. The number of nitro benzene ring substituents is 1. The molecule has 1 saturated heterocycles. The van der Waals surface area contributed by atoms with Gasteiger partial charge < -0.3 is 4.90 Å². The van der Waals surface area contributed by atoms with Crippen molar-refractivity contribution >= 4 is 11.4 Å². The molecule has 2 fully saturated rings. The van der Waals surface area contributed by atoms with Gasteiger partial charge in [-0.1, -0.05) is 31.0 Å². The number of benzene rings is 2. The van der Waals surface area contributed by atoms with Gasteiger partial charge in [-0.05, 0) is 48.6 Å². The largest absolute Gasteiger partial charge is 0.352 e. The molecule has 0 spiro atoms. The molecule has 0 aromatic heterocycles. The molecular formula is C20H23N3O2. The van der Waals surface area contributed by atoms with Crippen molar-refractivity contribution in [3.8, 4) is 0 Å². The van der Waals surface area contributed by atoms with Gasteiger partial charge in [0, 0.05) is 30.4 Å². The second kappa shape index (κ2) is 6.84. The summed E-state index contributed by atoms with van der Waals surface area (Å²) in [6.07, 6.45) is 5.15. The number of non-ortho nitro benzene ring substituents is 1. The Bertz CT molecular complexity index is 732. The van der Waals surface area contributed by atoms with Crippen LogP contribution in [0.4, 0.5) is 11.4 Å². The third-order valence-electron chi connectivity index (χ3n) is 5.53. The summed E-state index contributed by atoms with van der Waals surface area (Å²) < 4.78 is 0. The van der Waals surface area contributed by atoms with Gasteiger partial charge in [-0.15, -0.1) is 0 Å². The number of rotatable bonds is 3. The number of hydrogen-bond acceptors (Lipinski definition) is 4. The molecule has 1 aliphatic heterocycles. The van der Waals surface area contributed by atoms with E-state index in [1.54, 1.807) is 12.1 Å². The van der Waals surface area contributed by atoms with Crippen LogP contribution >= 0.6 is 0 Å². The van der Waals surface area contributed by atoms with Crippen LogP contribution in [-0.2, 0) is 0 Å². The number of nitro groups is 1. The summed E-state index contributed by atoms with van der Waals surface area (Å²) in [5.74, 6) is 0.670. The molecule has 0 unspecified atom stereocenters. The average Bonchev–Trinajstić information content (AvgIpc) is 2.68. The van der Waals surface area contributed by atoms with E-state index in [1.807, 2.05) is 18.2 Å². The quantitative estimate of drug-likeness (QED) is 0.671. The van der Waals surface area contributed by atoms with Crippen LogP contribution in [0.3, 0.4) is 0 Å². The van der Waals surface area contributed by atoms with Crippen LogP contribution < -0.4 is 10.2 Å². The Morgan fingerprint density at radius 3 is 2.44 bits per heavy atom. The van der Waals surface area contributed by atoms with Crippen molar-refractivity contribution in [1.82, 2.24) is 5.32 Å². The fourth-order valence-corrected chi connectivity index (χ4v) is 4.22. The molecule has 0 bridgehead atoms. The van der Waals surface area contributed by atoms with E-state index in [4.69, 9.17) is 0 Å². The molecule has 4 rings (SSSR count). The maximum absolute atomic E-state index is 10.9. The van der Waals surface area contributed by atoms with E-state index in [-0.39, 0.29) is 16.8 Å². The van der Waals surface area contributed by atoms with Crippen LogP contribution in [0.25, 0.3) is 0 Å². The Morgan fingerprint density at radius 2 is 1.72 bits per heavy atom. The number of nitrogens with one attached hydrogen (secondary N) is 1. The number of nitrogens with zero attached hydrogens (tertiary/aromatic N) is 2. The molecule has 2 aromatic rings. The van der Waals surface area contributed by atoms with E-state index in [2.05, 4.69) is 34.5 Å². The molecule has 2 aromatic carbocycles. The van der Waals surface area contributed by atoms with Gasteiger partial charge in [0.15, 0.2) is 0 Å². The van der Waals surface area contributed by atoms with E-state index >= 15 is 0 Å². The molecule has 3 atom stereocenters. The molecular weight excluding hydrogens is 314 g/mol. The Balaban J connectivity index is 1.67. The fourth-order valence-electron chi connectivity index (χ4n) is 4.22. The van der Waals surface area contributed by atoms with Crippen molar-refractivity contribution in [2.24, 2.45) is 5.92 Å². The molecule has 1 aliphatic carbocycles. The standard InChI is InChI=1S/C20H23N3O2/c24-23(25)18-12-10-15(11-13-18)20-21-19-9-5-4-6-16(19)14-22(20)17-7-2-1-3-8-17/h1-3,7-8,10-13,16,19-21H,4-6,9,14H2/t16-,19+,20+/m0/s1. The summed E-state index contributed by atoms with van der Waals surface area (Å²) in [6, 6.07) is 18.0. The van der Waals surface area contributed by atoms with Gasteiger partial charge >= 0.3 is 0 Å². The first-order chi connectivity index (χ1) is 12.2. The summed E-state index contributed by atoms with van der Waals surface area (Å²) in [5, 5.41) is 14.8. The van der Waals surface area contributed by atoms with Crippen LogP contribution in [0.2, 0.25) is 0 Å². The van der Waals surface area contributed by atoms with Crippen molar-refractivity contribution in [2.75, 3.05) is 11.4 Å². The monoisotopic (exact) mass is 337 g/mol. The Kier molecular flexibility index (Phi) is 4.40. The van der Waals surface area contributed by atoms with Gasteiger partial charge in [-0.3, -0.25) is 15.4 Å². The summed E-state index contributed by atoms with van der Waals surface area (Å²) in [5.41, 5.74) is 2.42. The molecule has 0 amide bonds. The van der Waals surface area contributed by atoms with E-state index in [0.29, 0.717) is 12.0 Å². The van der Waals surface area contributed by atoms with Gasteiger partial charge in [0.1, 0.15) is 6.17 Å². The lowest BCUT2D eigenvalue weighted by molar-refractivity contribution is -0.384. The summed E-state index contributed by atoms with van der Waals surface area (Å²) in [6.45, 7) is 1.03. The van der Waals surface area contributed by atoms with Crippen LogP contribution in [-0.4, -0.2) is 17.5 Å². The third kappa shape index (κ3) is 3.24. The maximum Gasteiger partial charge on any atom is 0.269 e. The molecule has 1 saturated carbocycles. The zero-order chi connectivity index (χ0) is 17.2. The lowest BCUT2D eigenvalue weighted by Gasteiger charge is -2.48. The second-order valence-electron chi connectivity index (χ2n) is 7.06. The van der Waals surface area contributed by atoms with Gasteiger partial charge in [-0.25, -0.2) is 0 Å². The Labute approximate surface area is 147 Å². The summed E-state index contributed by atoms with van der Waals surface area (Å²) in [4.78, 5) is 13.0. The van der Waals surface area contributed by atoms with E-state index in [1.165, 1.54) is 31.4 Å². The predicted octanol–water partition coefficient (Wildman–Crippen LogP) is 4.26. The molecule has 5 nitrogen and oxygen atoms in total. The van der Waals surface area contributed by atoms with Crippen LogP contribution in [0.15, 0.2) is 54.6 Å². The van der Waals surface area contributed by atoms with Crippen LogP contribution in [0, 0.1) is 16.0 Å². The Hall–Kier alpha value is -2.40. The first-order valence-corrected chi connectivity index (χ1v) is 9.04. The zero-order valence-corrected chi connectivity index (χ0v) is 14.2. The topological polar surface area (TPSA) is 58.4 Å². The maximum atomic E-state index is 10.9. The number of hydrogen-bond donors (Lipinski definition) is 1. The third-order valence-corrected chi connectivity index (χ3v) is 5.53. The van der Waals surface area contributed by atoms with Crippen molar-refractivity contribution in [3.63, 3.8) is 0 Å². The first-order valence-electron chi connectivity index (χ1n) is 9.04. The van der Waals surface area contributed by atoms with Crippen molar-refractivity contribution < 1.29 is 4.92 Å². The molecule has 1 heterocycles. The summed E-state index contributed by atoms with van der Waals surface area (Å²) in [7, 11) is 0. The van der Waals surface area contributed by atoms with Crippen molar-refractivity contribution in [1.29, 1.82) is 0 Å². The normalized spacial score (nSPS) is 26.1. The summed E-state index contributed by atoms with van der Waals surface area (Å²) >= 11 is 0. The molecule has 0 radical (unpaired) electrons. The average molecular weight is 337 g/mol. The highest BCUT2D eigenvalue weighted by Crippen LogP contribution is 2.37. The van der Waals surface area contributed by atoms with E-state index < -0.39 is 0 Å². The highest BCUT2D eigenvalue weighted by Gasteiger charge is 2.37. The first kappa shape index (κ1) is 16.1. The smallest absolute Gasteiger partial charge is 0.269 e. The number of fused-ring (bicyclic) bond motifs is 1. The fraction of sp³-hybridized carbons (Fsp3) is 0.400. The van der Waals surface area contributed by atoms with Gasteiger partial charge in [0.2, 0.25) is 0 Å². The highest BCUT2D eigenvalue weighted by molar-refractivity contribution is 5.50. The Morgan fingerprint density at radius 1 is 1.00 bits per heavy atom. The van der Waals surface area contributed by atoms with Gasteiger partial charge in [0.05, 0.1) is 4.92 Å². The van der Waals surface area contributed by atoms with Gasteiger partial charge in [0.25, 0.3) is 5.69 Å². The number of para-hydroxylation sites is 1. The minimum atomic E-state index is -0.343. The SMILES string of the molecule is O=[N+]([O-])c1ccc([C@@H]2N[C@@H]3CCCC[C@H]3CN2c2ccccc2)cc1. The molecule has 5 heteroatoms. The second-order valence-corrected chi connectivity index (χ2v) is 7.06. The molecule has 2 aliphatic rings. The zero-order valence-electron chi connectivity index (χ0n) is 14.2.